The summed E-state index contributed by atoms with van der Waals surface area (Å²) in [7, 11) is 0. The first-order valence-electron chi connectivity index (χ1n) is 8.28. The summed E-state index contributed by atoms with van der Waals surface area (Å²) in [4.78, 5) is 10.2. The topological polar surface area (TPSA) is 118 Å². The van der Waals surface area contributed by atoms with Crippen molar-refractivity contribution in [3.05, 3.63) is 34.6 Å². The zero-order valence-electron chi connectivity index (χ0n) is 14.4. The number of nitrogen functional groups attached to an aromatic ring is 1. The number of anilines is 2. The summed E-state index contributed by atoms with van der Waals surface area (Å²) in [5, 5.41) is 16.8. The van der Waals surface area contributed by atoms with Crippen molar-refractivity contribution in [2.45, 2.75) is 25.7 Å². The molecule has 0 saturated carbocycles. The van der Waals surface area contributed by atoms with Crippen LogP contribution in [0.25, 0.3) is 11.2 Å². The molecule has 2 N–H and O–H groups in total. The fraction of sp³-hybridized carbons (Fsp3) is 0.353. The van der Waals surface area contributed by atoms with Crippen molar-refractivity contribution in [3.63, 3.8) is 0 Å². The van der Waals surface area contributed by atoms with Crippen molar-refractivity contribution < 1.29 is 13.4 Å². The quantitative estimate of drug-likeness (QED) is 0.744. The van der Waals surface area contributed by atoms with Crippen LogP contribution in [0.5, 0.6) is 0 Å². The number of hydrogen-bond acceptors (Lipinski definition) is 8. The van der Waals surface area contributed by atoms with E-state index >= 15 is 0 Å². The number of aromatic nitrogens is 4. The van der Waals surface area contributed by atoms with Gasteiger partial charge in [-0.2, -0.15) is 5.26 Å². The summed E-state index contributed by atoms with van der Waals surface area (Å²) in [5.41, 5.74) is 9.45. The number of halogens is 2. The maximum Gasteiger partial charge on any atom is 0.266 e. The summed E-state index contributed by atoms with van der Waals surface area (Å²) in [5.74, 6) is -2.51. The highest BCUT2D eigenvalue weighted by Crippen LogP contribution is 2.32. The average Bonchev–Trinajstić information content (AvgIpc) is 3.24. The molecule has 8 nitrogen and oxygen atoms in total. The van der Waals surface area contributed by atoms with Gasteiger partial charge in [0, 0.05) is 36.3 Å². The van der Waals surface area contributed by atoms with Gasteiger partial charge in [-0.1, -0.05) is 0 Å². The first kappa shape index (κ1) is 17.1. The molecule has 0 unspecified atom stereocenters. The van der Waals surface area contributed by atoms with Crippen LogP contribution in [0.1, 0.15) is 28.9 Å². The number of nitrogens with zero attached hydrogens (tertiary/aromatic N) is 6. The molecule has 3 aromatic rings. The van der Waals surface area contributed by atoms with E-state index in [1.54, 1.807) is 19.1 Å². The molecular formula is C17H15F2N7O. The van der Waals surface area contributed by atoms with E-state index in [1.165, 1.54) is 4.90 Å². The van der Waals surface area contributed by atoms with Crippen molar-refractivity contribution in [1.29, 1.82) is 5.26 Å². The van der Waals surface area contributed by atoms with E-state index in [1.807, 2.05) is 6.07 Å². The van der Waals surface area contributed by atoms with Gasteiger partial charge in [0.1, 0.15) is 11.9 Å². The van der Waals surface area contributed by atoms with Crippen LogP contribution in [0.4, 0.5) is 20.3 Å². The molecule has 1 aliphatic rings. The van der Waals surface area contributed by atoms with Gasteiger partial charge >= 0.3 is 0 Å². The Bertz CT molecular complexity index is 1070. The van der Waals surface area contributed by atoms with Crippen molar-refractivity contribution in [3.8, 4) is 6.07 Å². The lowest BCUT2D eigenvalue weighted by molar-refractivity contribution is 0.0256. The predicted octanol–water partition coefficient (Wildman–Crippen LogP) is 2.21. The minimum atomic E-state index is -2.78. The van der Waals surface area contributed by atoms with Crippen LogP contribution < -0.4 is 10.6 Å². The monoisotopic (exact) mass is 371 g/mol. The van der Waals surface area contributed by atoms with Crippen LogP contribution in [0, 0.1) is 18.3 Å². The van der Waals surface area contributed by atoms with Crippen molar-refractivity contribution in [2.75, 3.05) is 23.7 Å². The number of pyridine rings is 2. The minimum absolute atomic E-state index is 0.150. The fourth-order valence-corrected chi connectivity index (χ4v) is 3.23. The molecule has 0 radical (unpaired) electrons. The third kappa shape index (κ3) is 3.01. The molecule has 0 aliphatic carbocycles. The number of aryl methyl sites for hydroxylation is 1. The van der Waals surface area contributed by atoms with Gasteiger partial charge in [-0.25, -0.2) is 23.4 Å². The molecule has 1 fully saturated rings. The van der Waals surface area contributed by atoms with E-state index in [0.29, 0.717) is 40.2 Å². The molecule has 1 aliphatic heterocycles. The SMILES string of the molecule is Cc1nc2nonc2c(N)c1Cc1ccc(C#N)c(N2CCC(F)(F)C2)n1. The first-order chi connectivity index (χ1) is 12.9. The molecule has 1 saturated heterocycles. The average molecular weight is 371 g/mol. The molecule has 4 rings (SSSR count). The zero-order chi connectivity index (χ0) is 19.2. The van der Waals surface area contributed by atoms with E-state index in [2.05, 4.69) is 24.9 Å². The van der Waals surface area contributed by atoms with Crippen molar-refractivity contribution >= 4 is 22.7 Å². The van der Waals surface area contributed by atoms with Crippen LogP contribution in [0.2, 0.25) is 0 Å². The second-order valence-corrected chi connectivity index (χ2v) is 6.52. The van der Waals surface area contributed by atoms with Crippen LogP contribution in [0.15, 0.2) is 16.8 Å². The Morgan fingerprint density at radius 1 is 1.33 bits per heavy atom. The highest BCUT2D eigenvalue weighted by atomic mass is 19.3. The maximum absolute atomic E-state index is 13.6. The Morgan fingerprint density at radius 3 is 2.85 bits per heavy atom. The van der Waals surface area contributed by atoms with Gasteiger partial charge in [0.2, 0.25) is 5.65 Å². The molecule has 0 bridgehead atoms. The van der Waals surface area contributed by atoms with Gasteiger partial charge in [0.25, 0.3) is 5.92 Å². The van der Waals surface area contributed by atoms with Gasteiger partial charge in [-0.05, 0) is 29.4 Å². The van der Waals surface area contributed by atoms with Crippen LogP contribution in [-0.4, -0.2) is 39.3 Å². The van der Waals surface area contributed by atoms with Crippen LogP contribution >= 0.6 is 0 Å². The van der Waals surface area contributed by atoms with Gasteiger partial charge < -0.3 is 10.6 Å². The first-order valence-corrected chi connectivity index (χ1v) is 8.28. The number of nitrogens with two attached hydrogens (primary N) is 1. The van der Waals surface area contributed by atoms with E-state index in [9.17, 15) is 14.0 Å². The fourth-order valence-electron chi connectivity index (χ4n) is 3.23. The molecule has 4 heterocycles. The number of rotatable bonds is 3. The summed E-state index contributed by atoms with van der Waals surface area (Å²) in [6.45, 7) is 1.49. The van der Waals surface area contributed by atoms with Crippen LogP contribution in [0.3, 0.4) is 0 Å². The van der Waals surface area contributed by atoms with Crippen molar-refractivity contribution in [1.82, 2.24) is 20.3 Å². The highest BCUT2D eigenvalue weighted by molar-refractivity contribution is 5.85. The molecule has 138 valence electrons. The van der Waals surface area contributed by atoms with Crippen LogP contribution in [-0.2, 0) is 6.42 Å². The Kier molecular flexibility index (Phi) is 3.87. The standard InChI is InChI=1S/C17H15F2N7O/c1-9-12(13(21)14-15(22-9)25-27-24-14)6-11-3-2-10(7-20)16(23-11)26-5-4-17(18,19)8-26/h2-3H,4-6,8,21H2,1H3. The van der Waals surface area contributed by atoms with E-state index < -0.39 is 12.5 Å². The number of nitriles is 1. The highest BCUT2D eigenvalue weighted by Gasteiger charge is 2.39. The molecule has 0 atom stereocenters. The largest absolute Gasteiger partial charge is 0.396 e. The van der Waals surface area contributed by atoms with Gasteiger partial charge in [0.05, 0.1) is 17.8 Å². The summed E-state index contributed by atoms with van der Waals surface area (Å²) < 4.78 is 31.8. The van der Waals surface area contributed by atoms with E-state index in [0.717, 1.165) is 0 Å². The van der Waals surface area contributed by atoms with Gasteiger partial charge in [-0.3, -0.25) is 0 Å². The molecule has 10 heteroatoms. The smallest absolute Gasteiger partial charge is 0.266 e. The molecule has 27 heavy (non-hydrogen) atoms. The zero-order valence-corrected chi connectivity index (χ0v) is 14.4. The number of hydrogen-bond donors (Lipinski definition) is 1. The lowest BCUT2D eigenvalue weighted by atomic mass is 10.0. The summed E-state index contributed by atoms with van der Waals surface area (Å²) >= 11 is 0. The molecular weight excluding hydrogens is 356 g/mol. The second-order valence-electron chi connectivity index (χ2n) is 6.52. The Morgan fingerprint density at radius 2 is 2.15 bits per heavy atom. The van der Waals surface area contributed by atoms with Gasteiger partial charge in [0.15, 0.2) is 5.52 Å². The molecule has 0 aromatic carbocycles. The maximum atomic E-state index is 13.6. The predicted molar refractivity (Wildman–Crippen MR) is 92.3 cm³/mol. The third-order valence-corrected chi connectivity index (χ3v) is 4.64. The molecule has 3 aromatic heterocycles. The van der Waals surface area contributed by atoms with E-state index in [4.69, 9.17) is 5.73 Å². The summed E-state index contributed by atoms with van der Waals surface area (Å²) in [6.07, 6.45) is 0.0615. The lowest BCUT2D eigenvalue weighted by Crippen LogP contribution is -2.26. The minimum Gasteiger partial charge on any atom is -0.396 e. The number of fused-ring (bicyclic) bond motifs is 1. The second kappa shape index (κ2) is 6.12. The Labute approximate surface area is 152 Å². The number of alkyl halides is 2. The normalized spacial score (nSPS) is 16.0. The lowest BCUT2D eigenvalue weighted by Gasteiger charge is -2.19. The Hall–Kier alpha value is -3.35. The Balaban J connectivity index is 1.72. The third-order valence-electron chi connectivity index (χ3n) is 4.64. The van der Waals surface area contributed by atoms with Gasteiger partial charge in [-0.15, -0.1) is 0 Å². The van der Waals surface area contributed by atoms with E-state index in [-0.39, 0.29) is 24.3 Å². The van der Waals surface area contributed by atoms with Crippen molar-refractivity contribution in [2.24, 2.45) is 0 Å². The molecule has 0 spiro atoms. The summed E-state index contributed by atoms with van der Waals surface area (Å²) in [6, 6.07) is 5.29. The molecule has 0 amide bonds.